The summed E-state index contributed by atoms with van der Waals surface area (Å²) in [5.41, 5.74) is 2.15. The Hall–Kier alpha value is -3.02. The Labute approximate surface area is 198 Å². The fourth-order valence-corrected chi connectivity index (χ4v) is 3.33. The molecule has 2 amide bonds. The van der Waals surface area contributed by atoms with Gasteiger partial charge in [0.25, 0.3) is 5.91 Å². The standard InChI is InChI=1S/C27H38N2O4/c1-7-8-17-28-26(31)20(2)29(18-21-9-13-23(32-6)14-10-21)25(30)19-33-24-15-11-22(12-16-24)27(3,4)5/h9-16,20H,7-8,17-19H2,1-6H3,(H,28,31). The molecule has 0 aliphatic rings. The second-order valence-electron chi connectivity index (χ2n) is 9.25. The molecule has 0 saturated heterocycles. The maximum atomic E-state index is 13.1. The molecule has 1 atom stereocenters. The van der Waals surface area contributed by atoms with Crippen molar-refractivity contribution in [1.29, 1.82) is 0 Å². The molecule has 0 aliphatic heterocycles. The van der Waals surface area contributed by atoms with Gasteiger partial charge in [-0.3, -0.25) is 9.59 Å². The molecule has 0 bridgehead atoms. The molecule has 0 radical (unpaired) electrons. The van der Waals surface area contributed by atoms with Crippen molar-refractivity contribution in [3.8, 4) is 11.5 Å². The molecule has 180 valence electrons. The number of hydrogen-bond donors (Lipinski definition) is 1. The molecule has 0 aliphatic carbocycles. The lowest BCUT2D eigenvalue weighted by Gasteiger charge is -2.29. The summed E-state index contributed by atoms with van der Waals surface area (Å²) in [7, 11) is 1.61. The van der Waals surface area contributed by atoms with Gasteiger partial charge in [0.05, 0.1) is 7.11 Å². The Morgan fingerprint density at radius 2 is 1.61 bits per heavy atom. The third-order valence-corrected chi connectivity index (χ3v) is 5.59. The summed E-state index contributed by atoms with van der Waals surface area (Å²) < 4.78 is 11.0. The van der Waals surface area contributed by atoms with E-state index < -0.39 is 6.04 Å². The molecular formula is C27H38N2O4. The van der Waals surface area contributed by atoms with Crippen LogP contribution in [0.1, 0.15) is 58.6 Å². The van der Waals surface area contributed by atoms with Crippen LogP contribution in [0.15, 0.2) is 48.5 Å². The van der Waals surface area contributed by atoms with E-state index in [-0.39, 0.29) is 23.8 Å². The zero-order valence-electron chi connectivity index (χ0n) is 20.8. The minimum absolute atomic E-state index is 0.0457. The van der Waals surface area contributed by atoms with Gasteiger partial charge >= 0.3 is 0 Å². The minimum atomic E-state index is -0.622. The first-order chi connectivity index (χ1) is 15.7. The van der Waals surface area contributed by atoms with Crippen LogP contribution < -0.4 is 14.8 Å². The monoisotopic (exact) mass is 454 g/mol. The molecule has 0 heterocycles. The van der Waals surface area contributed by atoms with E-state index >= 15 is 0 Å². The summed E-state index contributed by atoms with van der Waals surface area (Å²) in [4.78, 5) is 27.4. The molecule has 0 aromatic heterocycles. The average Bonchev–Trinajstić information content (AvgIpc) is 2.80. The fourth-order valence-electron chi connectivity index (χ4n) is 3.33. The predicted molar refractivity (Wildman–Crippen MR) is 132 cm³/mol. The van der Waals surface area contributed by atoms with E-state index in [1.54, 1.807) is 18.9 Å². The fraction of sp³-hybridized carbons (Fsp3) is 0.481. The van der Waals surface area contributed by atoms with E-state index in [2.05, 4.69) is 33.0 Å². The van der Waals surface area contributed by atoms with Gasteiger partial charge in [0.1, 0.15) is 17.5 Å². The molecule has 0 spiro atoms. The number of carbonyl (C=O) groups excluding carboxylic acids is 2. The van der Waals surface area contributed by atoms with Gasteiger partial charge in [0.2, 0.25) is 5.91 Å². The Bertz CT molecular complexity index is 886. The van der Waals surface area contributed by atoms with Crippen LogP contribution in [0.25, 0.3) is 0 Å². The lowest BCUT2D eigenvalue weighted by Crippen LogP contribution is -2.49. The number of rotatable bonds is 11. The molecule has 33 heavy (non-hydrogen) atoms. The highest BCUT2D eigenvalue weighted by atomic mass is 16.5. The summed E-state index contributed by atoms with van der Waals surface area (Å²) in [5, 5.41) is 2.92. The van der Waals surface area contributed by atoms with Crippen molar-refractivity contribution in [2.24, 2.45) is 0 Å². The maximum Gasteiger partial charge on any atom is 0.261 e. The molecule has 6 heteroatoms. The van der Waals surface area contributed by atoms with E-state index in [0.717, 1.165) is 24.2 Å². The number of methoxy groups -OCH3 is 1. The van der Waals surface area contributed by atoms with Crippen molar-refractivity contribution in [2.45, 2.75) is 65.5 Å². The molecular weight excluding hydrogens is 416 g/mol. The Morgan fingerprint density at radius 3 is 2.15 bits per heavy atom. The van der Waals surface area contributed by atoms with Crippen LogP contribution in [0.5, 0.6) is 11.5 Å². The quantitative estimate of drug-likeness (QED) is 0.500. The number of unbranched alkanes of at least 4 members (excludes halogenated alkanes) is 1. The number of nitrogens with zero attached hydrogens (tertiary/aromatic N) is 1. The topological polar surface area (TPSA) is 67.9 Å². The van der Waals surface area contributed by atoms with Crippen molar-refractivity contribution >= 4 is 11.8 Å². The zero-order chi connectivity index (χ0) is 24.4. The molecule has 6 nitrogen and oxygen atoms in total. The molecule has 2 aromatic rings. The second-order valence-corrected chi connectivity index (χ2v) is 9.25. The predicted octanol–water partition coefficient (Wildman–Crippen LogP) is 4.71. The first kappa shape index (κ1) is 26.2. The minimum Gasteiger partial charge on any atom is -0.497 e. The lowest BCUT2D eigenvalue weighted by atomic mass is 9.87. The van der Waals surface area contributed by atoms with Crippen molar-refractivity contribution in [3.63, 3.8) is 0 Å². The first-order valence-corrected chi connectivity index (χ1v) is 11.6. The molecule has 1 N–H and O–H groups in total. The number of amides is 2. The van der Waals surface area contributed by atoms with Gasteiger partial charge in [-0.15, -0.1) is 0 Å². The Morgan fingerprint density at radius 1 is 1.00 bits per heavy atom. The Kier molecular flexibility index (Phi) is 9.76. The van der Waals surface area contributed by atoms with Crippen LogP contribution in [-0.4, -0.2) is 43.0 Å². The second kappa shape index (κ2) is 12.3. The summed E-state index contributed by atoms with van der Waals surface area (Å²) in [6.07, 6.45) is 1.89. The van der Waals surface area contributed by atoms with E-state index in [9.17, 15) is 9.59 Å². The van der Waals surface area contributed by atoms with Crippen LogP contribution in [0.4, 0.5) is 0 Å². The normalized spacial score (nSPS) is 12.1. The summed E-state index contributed by atoms with van der Waals surface area (Å²) in [5.74, 6) is 0.952. The molecule has 0 saturated carbocycles. The van der Waals surface area contributed by atoms with E-state index in [4.69, 9.17) is 9.47 Å². The van der Waals surface area contributed by atoms with Crippen LogP contribution in [0.2, 0.25) is 0 Å². The summed E-state index contributed by atoms with van der Waals surface area (Å²) in [6.45, 7) is 11.0. The van der Waals surface area contributed by atoms with Crippen molar-refractivity contribution in [2.75, 3.05) is 20.3 Å². The molecule has 2 rings (SSSR count). The SMILES string of the molecule is CCCCNC(=O)C(C)N(Cc1ccc(OC)cc1)C(=O)COc1ccc(C(C)(C)C)cc1. The largest absolute Gasteiger partial charge is 0.497 e. The van der Waals surface area contributed by atoms with Crippen LogP contribution in [0.3, 0.4) is 0 Å². The van der Waals surface area contributed by atoms with E-state index in [1.807, 2.05) is 48.5 Å². The van der Waals surface area contributed by atoms with Crippen LogP contribution in [-0.2, 0) is 21.5 Å². The number of benzene rings is 2. The third kappa shape index (κ3) is 8.12. The smallest absolute Gasteiger partial charge is 0.261 e. The van der Waals surface area contributed by atoms with Crippen molar-refractivity contribution < 1.29 is 19.1 Å². The molecule has 0 fully saturated rings. The van der Waals surface area contributed by atoms with Gasteiger partial charge in [-0.05, 0) is 54.2 Å². The maximum absolute atomic E-state index is 13.1. The highest BCUT2D eigenvalue weighted by molar-refractivity contribution is 5.87. The Balaban J connectivity index is 2.11. The van der Waals surface area contributed by atoms with E-state index in [1.165, 1.54) is 5.56 Å². The number of nitrogens with one attached hydrogen (secondary N) is 1. The van der Waals surface area contributed by atoms with Crippen LogP contribution in [0, 0.1) is 0 Å². The van der Waals surface area contributed by atoms with Gasteiger partial charge in [0.15, 0.2) is 6.61 Å². The van der Waals surface area contributed by atoms with E-state index in [0.29, 0.717) is 18.8 Å². The number of hydrogen-bond acceptors (Lipinski definition) is 4. The van der Waals surface area contributed by atoms with Gasteiger partial charge in [-0.25, -0.2) is 0 Å². The lowest BCUT2D eigenvalue weighted by molar-refractivity contribution is -0.142. The molecule has 1 unspecified atom stereocenters. The zero-order valence-corrected chi connectivity index (χ0v) is 20.8. The summed E-state index contributed by atoms with van der Waals surface area (Å²) in [6, 6.07) is 14.6. The van der Waals surface area contributed by atoms with Gasteiger partial charge in [-0.1, -0.05) is 58.4 Å². The molecule has 2 aromatic carbocycles. The van der Waals surface area contributed by atoms with Crippen molar-refractivity contribution in [3.05, 3.63) is 59.7 Å². The van der Waals surface area contributed by atoms with Crippen LogP contribution >= 0.6 is 0 Å². The average molecular weight is 455 g/mol. The van der Waals surface area contributed by atoms with Gasteiger partial charge in [-0.2, -0.15) is 0 Å². The van der Waals surface area contributed by atoms with Gasteiger partial charge in [0, 0.05) is 13.1 Å². The highest BCUT2D eigenvalue weighted by Gasteiger charge is 2.26. The third-order valence-electron chi connectivity index (χ3n) is 5.59. The van der Waals surface area contributed by atoms with Gasteiger partial charge < -0.3 is 19.7 Å². The number of carbonyl (C=O) groups is 2. The highest BCUT2D eigenvalue weighted by Crippen LogP contribution is 2.24. The summed E-state index contributed by atoms with van der Waals surface area (Å²) >= 11 is 0. The number of ether oxygens (including phenoxy) is 2. The first-order valence-electron chi connectivity index (χ1n) is 11.6. The van der Waals surface area contributed by atoms with Crippen molar-refractivity contribution in [1.82, 2.24) is 10.2 Å².